The summed E-state index contributed by atoms with van der Waals surface area (Å²) in [5.74, 6) is -1.36. The van der Waals surface area contributed by atoms with E-state index in [0.29, 0.717) is 25.1 Å². The number of ether oxygens (including phenoxy) is 1. The van der Waals surface area contributed by atoms with Crippen LogP contribution in [0.25, 0.3) is 6.08 Å². The number of carbonyl (C=O) groups excluding carboxylic acids is 4. The van der Waals surface area contributed by atoms with Crippen molar-refractivity contribution >= 4 is 29.9 Å². The number of hydrogen-bond acceptors (Lipinski definition) is 5. The molecule has 1 rings (SSSR count). The lowest BCUT2D eigenvalue weighted by molar-refractivity contribution is -0.142. The molecule has 0 radical (unpaired) electrons. The molecule has 0 aliphatic rings. The van der Waals surface area contributed by atoms with E-state index in [2.05, 4.69) is 31.1 Å². The Morgan fingerprint density at radius 3 is 2.29 bits per heavy atom. The van der Waals surface area contributed by atoms with Crippen LogP contribution in [0, 0.1) is 0 Å². The number of carbonyl (C=O) groups is 4. The molecule has 0 bridgehead atoms. The van der Waals surface area contributed by atoms with Gasteiger partial charge in [-0.25, -0.2) is 4.79 Å². The summed E-state index contributed by atoms with van der Waals surface area (Å²) in [6.07, 6.45) is 8.34. The lowest BCUT2D eigenvalue weighted by Gasteiger charge is -2.34. The Bertz CT molecular complexity index is 989. The molecule has 41 heavy (non-hydrogen) atoms. The molecule has 0 saturated heterocycles. The fourth-order valence-corrected chi connectivity index (χ4v) is 4.46. The van der Waals surface area contributed by atoms with Crippen molar-refractivity contribution in [3.63, 3.8) is 0 Å². The van der Waals surface area contributed by atoms with E-state index in [9.17, 15) is 19.2 Å². The molecular weight excluding hydrogens is 520 g/mol. The monoisotopic (exact) mass is 572 g/mol. The first-order valence-corrected chi connectivity index (χ1v) is 15.0. The van der Waals surface area contributed by atoms with Crippen molar-refractivity contribution in [2.24, 2.45) is 5.73 Å². The first kappa shape index (κ1) is 35.7. The second kappa shape index (κ2) is 18.9. The molecule has 4 amide bonds. The molecular formula is C32H52N4O5. The van der Waals surface area contributed by atoms with Gasteiger partial charge >= 0.3 is 6.09 Å². The van der Waals surface area contributed by atoms with Gasteiger partial charge in [-0.2, -0.15) is 0 Å². The third-order valence-electron chi connectivity index (χ3n) is 6.56. The lowest BCUT2D eigenvalue weighted by atomic mass is 9.99. The first-order valence-electron chi connectivity index (χ1n) is 15.0. The van der Waals surface area contributed by atoms with Crippen molar-refractivity contribution in [1.82, 2.24) is 15.5 Å². The highest BCUT2D eigenvalue weighted by Gasteiger charge is 2.36. The summed E-state index contributed by atoms with van der Waals surface area (Å²) in [4.78, 5) is 53.9. The van der Waals surface area contributed by atoms with E-state index in [-0.39, 0.29) is 18.7 Å². The van der Waals surface area contributed by atoms with Crippen molar-refractivity contribution in [2.75, 3.05) is 13.1 Å². The minimum Gasteiger partial charge on any atom is -0.444 e. The average molecular weight is 573 g/mol. The highest BCUT2D eigenvalue weighted by Crippen LogP contribution is 2.26. The number of alkyl carbamates (subject to hydrolysis) is 1. The molecule has 1 aromatic rings. The maximum atomic E-state index is 14.2. The minimum atomic E-state index is -1.11. The number of primary amides is 1. The van der Waals surface area contributed by atoms with Gasteiger partial charge in [0.15, 0.2) is 0 Å². The van der Waals surface area contributed by atoms with Gasteiger partial charge in [-0.1, -0.05) is 83.2 Å². The van der Waals surface area contributed by atoms with Crippen LogP contribution in [0.15, 0.2) is 30.8 Å². The smallest absolute Gasteiger partial charge is 0.408 e. The number of benzene rings is 1. The number of unbranched alkanes of at least 4 members (excludes halogenated alkanes) is 6. The van der Waals surface area contributed by atoms with Gasteiger partial charge in [0.2, 0.25) is 17.7 Å². The van der Waals surface area contributed by atoms with Crippen molar-refractivity contribution in [3.05, 3.63) is 42.0 Å². The zero-order valence-electron chi connectivity index (χ0n) is 25.8. The Hall–Kier alpha value is -3.36. The molecule has 0 saturated carbocycles. The van der Waals surface area contributed by atoms with Crippen LogP contribution in [0.1, 0.15) is 116 Å². The summed E-state index contributed by atoms with van der Waals surface area (Å²) in [5, 5.41) is 5.66. The van der Waals surface area contributed by atoms with Crippen LogP contribution in [0.3, 0.4) is 0 Å². The average Bonchev–Trinajstić information content (AvgIpc) is 2.91. The molecule has 4 N–H and O–H groups in total. The summed E-state index contributed by atoms with van der Waals surface area (Å²) in [7, 11) is 0. The predicted molar refractivity (Wildman–Crippen MR) is 164 cm³/mol. The van der Waals surface area contributed by atoms with Crippen LogP contribution in [0.4, 0.5) is 4.79 Å². The van der Waals surface area contributed by atoms with Crippen LogP contribution >= 0.6 is 0 Å². The largest absolute Gasteiger partial charge is 0.444 e. The standard InChI is InChI=1S/C32H52N4O5/c1-7-10-12-13-15-22-36(30(39)26(19-20-27(33)37)35-31(40)41-32(4,5)6)28(29(38)34-21-14-11-8-2)25-18-16-17-24(9-3)23-25/h9,16-18,23,26,28H,3,7-8,10-15,19-22H2,1-2,4-6H3,(H2,33,37)(H,34,38)(H,35,40). The van der Waals surface area contributed by atoms with Gasteiger partial charge in [-0.15, -0.1) is 0 Å². The van der Waals surface area contributed by atoms with Crippen LogP contribution in [-0.2, 0) is 19.1 Å². The van der Waals surface area contributed by atoms with Crippen molar-refractivity contribution in [3.8, 4) is 0 Å². The van der Waals surface area contributed by atoms with Gasteiger partial charge in [0, 0.05) is 19.5 Å². The number of hydrogen-bond donors (Lipinski definition) is 3. The molecule has 1 aromatic carbocycles. The first-order chi connectivity index (χ1) is 19.4. The third kappa shape index (κ3) is 14.2. The van der Waals surface area contributed by atoms with E-state index >= 15 is 0 Å². The summed E-state index contributed by atoms with van der Waals surface area (Å²) in [5.41, 5.74) is 6.08. The van der Waals surface area contributed by atoms with E-state index in [1.54, 1.807) is 26.8 Å². The Kier molecular flexibility index (Phi) is 16.4. The number of nitrogens with two attached hydrogens (primary N) is 1. The van der Waals surface area contributed by atoms with E-state index < -0.39 is 35.6 Å². The highest BCUT2D eigenvalue weighted by atomic mass is 16.6. The SMILES string of the molecule is C=Cc1cccc(C(C(=O)NCCCCC)N(CCCCCCC)C(=O)C(CCC(N)=O)NC(=O)OC(C)(C)C)c1. The summed E-state index contributed by atoms with van der Waals surface area (Å²) >= 11 is 0. The highest BCUT2D eigenvalue weighted by molar-refractivity contribution is 5.92. The molecule has 0 spiro atoms. The zero-order valence-corrected chi connectivity index (χ0v) is 25.8. The topological polar surface area (TPSA) is 131 Å². The quantitative estimate of drug-likeness (QED) is 0.185. The van der Waals surface area contributed by atoms with Crippen LogP contribution in [-0.4, -0.2) is 53.4 Å². The summed E-state index contributed by atoms with van der Waals surface area (Å²) in [6.45, 7) is 14.0. The lowest BCUT2D eigenvalue weighted by Crippen LogP contribution is -2.53. The fraction of sp³-hybridized carbons (Fsp3) is 0.625. The van der Waals surface area contributed by atoms with Crippen molar-refractivity contribution < 1.29 is 23.9 Å². The Morgan fingerprint density at radius 2 is 1.68 bits per heavy atom. The van der Waals surface area contributed by atoms with Crippen molar-refractivity contribution in [2.45, 2.75) is 117 Å². The molecule has 0 aliphatic heterocycles. The van der Waals surface area contributed by atoms with Crippen LogP contribution in [0.2, 0.25) is 0 Å². The Morgan fingerprint density at radius 1 is 1.02 bits per heavy atom. The maximum absolute atomic E-state index is 14.2. The number of nitrogens with zero attached hydrogens (tertiary/aromatic N) is 1. The van der Waals surface area contributed by atoms with Gasteiger partial charge < -0.3 is 26.0 Å². The zero-order chi connectivity index (χ0) is 30.8. The third-order valence-corrected chi connectivity index (χ3v) is 6.56. The maximum Gasteiger partial charge on any atom is 0.408 e. The molecule has 0 fully saturated rings. The van der Waals surface area contributed by atoms with E-state index in [1.807, 2.05) is 24.3 Å². The van der Waals surface area contributed by atoms with E-state index in [1.165, 1.54) is 4.90 Å². The van der Waals surface area contributed by atoms with Crippen molar-refractivity contribution in [1.29, 1.82) is 0 Å². The van der Waals surface area contributed by atoms with Crippen LogP contribution in [0.5, 0.6) is 0 Å². The molecule has 2 unspecified atom stereocenters. The number of amides is 4. The van der Waals surface area contributed by atoms with Gasteiger partial charge in [-0.3, -0.25) is 14.4 Å². The van der Waals surface area contributed by atoms with Crippen LogP contribution < -0.4 is 16.4 Å². The fourth-order valence-electron chi connectivity index (χ4n) is 4.46. The second-order valence-electron chi connectivity index (χ2n) is 11.4. The summed E-state index contributed by atoms with van der Waals surface area (Å²) < 4.78 is 5.40. The van der Waals surface area contributed by atoms with E-state index in [0.717, 1.165) is 50.5 Å². The molecule has 9 nitrogen and oxygen atoms in total. The number of nitrogens with one attached hydrogen (secondary N) is 2. The normalized spacial score (nSPS) is 12.6. The van der Waals surface area contributed by atoms with E-state index in [4.69, 9.17) is 10.5 Å². The Balaban J connectivity index is 3.50. The van der Waals surface area contributed by atoms with Gasteiger partial charge in [0.25, 0.3) is 0 Å². The molecule has 2 atom stereocenters. The molecule has 230 valence electrons. The van der Waals surface area contributed by atoms with Gasteiger partial charge in [-0.05, 0) is 57.2 Å². The Labute approximate surface area is 246 Å². The summed E-state index contributed by atoms with van der Waals surface area (Å²) in [6, 6.07) is 5.33. The van der Waals surface area contributed by atoms with Gasteiger partial charge in [0.05, 0.1) is 0 Å². The molecule has 0 aromatic heterocycles. The van der Waals surface area contributed by atoms with Gasteiger partial charge in [0.1, 0.15) is 17.7 Å². The number of rotatable bonds is 19. The molecule has 0 aliphatic carbocycles. The molecule has 9 heteroatoms. The minimum absolute atomic E-state index is 0.0166. The predicted octanol–water partition coefficient (Wildman–Crippen LogP) is 5.63. The molecule has 0 heterocycles. The second-order valence-corrected chi connectivity index (χ2v) is 11.4.